The number of nitrogens with zero attached hydrogens (tertiary/aromatic N) is 1. The lowest BCUT2D eigenvalue weighted by molar-refractivity contribution is 0.111. The van der Waals surface area contributed by atoms with Gasteiger partial charge in [-0.2, -0.15) is 0 Å². The van der Waals surface area contributed by atoms with Crippen LogP contribution in [0.1, 0.15) is 31.9 Å². The molecule has 0 aliphatic carbocycles. The SMILES string of the molecule is COCCN(CCC(O)c1ccccc1Br)CC(C)C. The summed E-state index contributed by atoms with van der Waals surface area (Å²) in [5.41, 5.74) is 0.962. The van der Waals surface area contributed by atoms with Crippen molar-refractivity contribution in [3.8, 4) is 0 Å². The van der Waals surface area contributed by atoms with Crippen molar-refractivity contribution in [2.24, 2.45) is 5.92 Å². The van der Waals surface area contributed by atoms with Crippen molar-refractivity contribution in [2.75, 3.05) is 33.4 Å². The van der Waals surface area contributed by atoms with Crippen LogP contribution >= 0.6 is 15.9 Å². The van der Waals surface area contributed by atoms with E-state index in [0.29, 0.717) is 5.92 Å². The maximum atomic E-state index is 10.3. The number of methoxy groups -OCH3 is 1. The standard InChI is InChI=1S/C16H26BrNO2/c1-13(2)12-18(10-11-20-3)9-8-16(19)14-6-4-5-7-15(14)17/h4-7,13,16,19H,8-12H2,1-3H3. The molecule has 20 heavy (non-hydrogen) atoms. The van der Waals surface area contributed by atoms with Gasteiger partial charge in [-0.3, -0.25) is 0 Å². The first-order chi connectivity index (χ1) is 9.54. The van der Waals surface area contributed by atoms with Crippen LogP contribution in [0, 0.1) is 5.92 Å². The van der Waals surface area contributed by atoms with E-state index in [1.54, 1.807) is 7.11 Å². The molecule has 0 aliphatic rings. The van der Waals surface area contributed by atoms with Crippen molar-refractivity contribution in [2.45, 2.75) is 26.4 Å². The molecule has 3 nitrogen and oxygen atoms in total. The summed E-state index contributed by atoms with van der Waals surface area (Å²) < 4.78 is 6.12. The van der Waals surface area contributed by atoms with E-state index < -0.39 is 6.10 Å². The predicted octanol–water partition coefficient (Wildman–Crippen LogP) is 3.48. The Balaban J connectivity index is 2.51. The number of halogens is 1. The van der Waals surface area contributed by atoms with E-state index in [2.05, 4.69) is 34.7 Å². The monoisotopic (exact) mass is 343 g/mol. The second-order valence-corrected chi connectivity index (χ2v) is 6.37. The van der Waals surface area contributed by atoms with Crippen molar-refractivity contribution in [3.05, 3.63) is 34.3 Å². The maximum absolute atomic E-state index is 10.3. The number of rotatable bonds is 9. The Kier molecular flexibility index (Phi) is 8.38. The third kappa shape index (κ3) is 6.35. The van der Waals surface area contributed by atoms with Crippen LogP contribution in [0.5, 0.6) is 0 Å². The van der Waals surface area contributed by atoms with Crippen LogP contribution < -0.4 is 0 Å². The van der Waals surface area contributed by atoms with Gasteiger partial charge in [0.25, 0.3) is 0 Å². The molecule has 0 heterocycles. The summed E-state index contributed by atoms with van der Waals surface area (Å²) in [7, 11) is 1.73. The molecule has 0 spiro atoms. The van der Waals surface area contributed by atoms with E-state index in [1.165, 1.54) is 0 Å². The Hall–Kier alpha value is -0.420. The molecular weight excluding hydrogens is 318 g/mol. The third-order valence-corrected chi connectivity index (χ3v) is 3.94. The zero-order valence-corrected chi connectivity index (χ0v) is 14.3. The smallest absolute Gasteiger partial charge is 0.0813 e. The number of aliphatic hydroxyl groups excluding tert-OH is 1. The molecule has 114 valence electrons. The number of aliphatic hydroxyl groups is 1. The minimum absolute atomic E-state index is 0.428. The predicted molar refractivity (Wildman–Crippen MR) is 86.9 cm³/mol. The van der Waals surface area contributed by atoms with Crippen LogP contribution in [0.4, 0.5) is 0 Å². The molecule has 1 aromatic rings. The second-order valence-electron chi connectivity index (χ2n) is 5.51. The van der Waals surface area contributed by atoms with Gasteiger partial charge in [-0.25, -0.2) is 0 Å². The van der Waals surface area contributed by atoms with Crippen molar-refractivity contribution < 1.29 is 9.84 Å². The molecule has 0 amide bonds. The average Bonchev–Trinajstić information content (AvgIpc) is 2.41. The van der Waals surface area contributed by atoms with Crippen LogP contribution in [0.15, 0.2) is 28.7 Å². The van der Waals surface area contributed by atoms with Gasteiger partial charge in [0.15, 0.2) is 0 Å². The van der Waals surface area contributed by atoms with Gasteiger partial charge in [0, 0.05) is 31.2 Å². The lowest BCUT2D eigenvalue weighted by Gasteiger charge is -2.25. The van der Waals surface area contributed by atoms with Crippen LogP contribution in [0.2, 0.25) is 0 Å². The van der Waals surface area contributed by atoms with Crippen molar-refractivity contribution in [3.63, 3.8) is 0 Å². The number of ether oxygens (including phenoxy) is 1. The summed E-state index contributed by atoms with van der Waals surface area (Å²) in [5, 5.41) is 10.3. The van der Waals surface area contributed by atoms with Gasteiger partial charge in [0.05, 0.1) is 12.7 Å². The quantitative estimate of drug-likeness (QED) is 0.745. The fraction of sp³-hybridized carbons (Fsp3) is 0.625. The summed E-state index contributed by atoms with van der Waals surface area (Å²) in [4.78, 5) is 2.36. The fourth-order valence-corrected chi connectivity index (χ4v) is 2.79. The van der Waals surface area contributed by atoms with Crippen LogP contribution in [0.25, 0.3) is 0 Å². The van der Waals surface area contributed by atoms with Gasteiger partial charge in [-0.15, -0.1) is 0 Å². The number of benzene rings is 1. The lowest BCUT2D eigenvalue weighted by atomic mass is 10.1. The van der Waals surface area contributed by atoms with Crippen LogP contribution in [0.3, 0.4) is 0 Å². The lowest BCUT2D eigenvalue weighted by Crippen LogP contribution is -2.32. The summed E-state index contributed by atoms with van der Waals surface area (Å²) in [6.07, 6.45) is 0.307. The molecule has 0 aliphatic heterocycles. The summed E-state index contributed by atoms with van der Waals surface area (Å²) in [6.45, 7) is 7.99. The summed E-state index contributed by atoms with van der Waals surface area (Å²) >= 11 is 3.49. The summed E-state index contributed by atoms with van der Waals surface area (Å²) in [6, 6.07) is 7.86. The van der Waals surface area contributed by atoms with Gasteiger partial charge >= 0.3 is 0 Å². The maximum Gasteiger partial charge on any atom is 0.0813 e. The zero-order chi connectivity index (χ0) is 15.0. The highest BCUT2D eigenvalue weighted by molar-refractivity contribution is 9.10. The van der Waals surface area contributed by atoms with Gasteiger partial charge in [0.1, 0.15) is 0 Å². The van der Waals surface area contributed by atoms with Crippen molar-refractivity contribution in [1.29, 1.82) is 0 Å². The largest absolute Gasteiger partial charge is 0.388 e. The van der Waals surface area contributed by atoms with E-state index in [1.807, 2.05) is 24.3 Å². The van der Waals surface area contributed by atoms with Crippen molar-refractivity contribution in [1.82, 2.24) is 4.90 Å². The van der Waals surface area contributed by atoms with Crippen molar-refractivity contribution >= 4 is 15.9 Å². The molecule has 0 saturated carbocycles. The Bertz CT molecular complexity index is 384. The Morgan fingerprint density at radius 3 is 2.55 bits per heavy atom. The molecular formula is C16H26BrNO2. The van der Waals surface area contributed by atoms with Gasteiger partial charge in [-0.1, -0.05) is 48.0 Å². The molecule has 1 atom stereocenters. The first-order valence-corrected chi connectivity index (χ1v) is 7.97. The molecule has 1 rings (SSSR count). The molecule has 0 fully saturated rings. The van der Waals surface area contributed by atoms with E-state index in [4.69, 9.17) is 4.74 Å². The van der Waals surface area contributed by atoms with Crippen LogP contribution in [-0.4, -0.2) is 43.4 Å². The minimum Gasteiger partial charge on any atom is -0.388 e. The Labute approximate surface area is 131 Å². The van der Waals surface area contributed by atoms with E-state index in [9.17, 15) is 5.11 Å². The van der Waals surface area contributed by atoms with E-state index in [-0.39, 0.29) is 0 Å². The van der Waals surface area contributed by atoms with E-state index >= 15 is 0 Å². The average molecular weight is 344 g/mol. The number of hydrogen-bond donors (Lipinski definition) is 1. The minimum atomic E-state index is -0.428. The molecule has 1 aromatic carbocycles. The van der Waals surface area contributed by atoms with E-state index in [0.717, 1.165) is 42.7 Å². The highest BCUT2D eigenvalue weighted by Crippen LogP contribution is 2.25. The third-order valence-electron chi connectivity index (χ3n) is 3.22. The number of hydrogen-bond acceptors (Lipinski definition) is 3. The fourth-order valence-electron chi connectivity index (χ4n) is 2.24. The molecule has 0 radical (unpaired) electrons. The molecule has 1 unspecified atom stereocenters. The highest BCUT2D eigenvalue weighted by atomic mass is 79.9. The second kappa shape index (κ2) is 9.50. The molecule has 0 bridgehead atoms. The first kappa shape index (κ1) is 17.6. The zero-order valence-electron chi connectivity index (χ0n) is 12.7. The van der Waals surface area contributed by atoms with Gasteiger partial charge in [0.2, 0.25) is 0 Å². The molecule has 1 N–H and O–H groups in total. The molecule has 0 saturated heterocycles. The van der Waals surface area contributed by atoms with Crippen LogP contribution in [-0.2, 0) is 4.74 Å². The Morgan fingerprint density at radius 1 is 1.25 bits per heavy atom. The summed E-state index contributed by atoms with van der Waals surface area (Å²) in [5.74, 6) is 0.618. The normalized spacial score (nSPS) is 13.2. The van der Waals surface area contributed by atoms with Gasteiger partial charge in [-0.05, 0) is 24.0 Å². The molecule has 0 aromatic heterocycles. The molecule has 4 heteroatoms. The highest BCUT2D eigenvalue weighted by Gasteiger charge is 2.14. The topological polar surface area (TPSA) is 32.7 Å². The first-order valence-electron chi connectivity index (χ1n) is 7.18. The van der Waals surface area contributed by atoms with Gasteiger partial charge < -0.3 is 14.7 Å². The Morgan fingerprint density at radius 2 is 1.95 bits per heavy atom.